The summed E-state index contributed by atoms with van der Waals surface area (Å²) in [5, 5.41) is 12.0. The van der Waals surface area contributed by atoms with Gasteiger partial charge in [0, 0.05) is 19.5 Å². The number of carbonyl (C=O) groups is 1. The molecule has 0 atom stereocenters. The molecule has 0 heterocycles. The lowest BCUT2D eigenvalue weighted by molar-refractivity contribution is -0.120. The summed E-state index contributed by atoms with van der Waals surface area (Å²) in [4.78, 5) is 11.1. The van der Waals surface area contributed by atoms with Crippen molar-refractivity contribution in [1.82, 2.24) is 5.32 Å². The number of benzene rings is 1. The first-order valence-corrected chi connectivity index (χ1v) is 4.97. The molecule has 82 valence electrons. The highest BCUT2D eigenvalue weighted by atomic mass is 16.3. The third kappa shape index (κ3) is 4.46. The minimum absolute atomic E-state index is 0.0300. The van der Waals surface area contributed by atoms with Crippen molar-refractivity contribution < 1.29 is 9.90 Å². The summed E-state index contributed by atoms with van der Waals surface area (Å²) < 4.78 is 0. The lowest BCUT2D eigenvalue weighted by Crippen LogP contribution is -2.27. The van der Waals surface area contributed by atoms with Crippen LogP contribution in [0.25, 0.3) is 0 Å². The van der Waals surface area contributed by atoms with Crippen LogP contribution in [0.1, 0.15) is 12.0 Å². The van der Waals surface area contributed by atoms with E-state index in [0.717, 1.165) is 5.56 Å². The van der Waals surface area contributed by atoms with Crippen LogP contribution in [-0.4, -0.2) is 24.1 Å². The molecule has 1 aromatic carbocycles. The van der Waals surface area contributed by atoms with Gasteiger partial charge in [-0.05, 0) is 24.1 Å². The molecule has 0 aromatic heterocycles. The fraction of sp³-hybridized carbons (Fsp3) is 0.364. The second-order valence-corrected chi connectivity index (χ2v) is 3.31. The quantitative estimate of drug-likeness (QED) is 0.655. The van der Waals surface area contributed by atoms with Crippen molar-refractivity contribution in [2.45, 2.75) is 12.8 Å². The summed E-state index contributed by atoms with van der Waals surface area (Å²) in [6.45, 7) is 0.945. The molecule has 4 heteroatoms. The Morgan fingerprint density at radius 3 is 2.93 bits per heavy atom. The molecule has 0 aliphatic rings. The maximum Gasteiger partial charge on any atom is 0.221 e. The Bertz CT molecular complexity index is 326. The lowest BCUT2D eigenvalue weighted by Gasteiger charge is -2.04. The van der Waals surface area contributed by atoms with E-state index in [9.17, 15) is 9.90 Å². The van der Waals surface area contributed by atoms with E-state index in [1.54, 1.807) is 18.2 Å². The van der Waals surface area contributed by atoms with Gasteiger partial charge in [-0.15, -0.1) is 0 Å². The number of nitrogens with one attached hydrogen (secondary N) is 1. The highest BCUT2D eigenvalue weighted by Gasteiger charge is 1.99. The van der Waals surface area contributed by atoms with Crippen LogP contribution in [0.4, 0.5) is 0 Å². The largest absolute Gasteiger partial charge is 0.508 e. The molecule has 15 heavy (non-hydrogen) atoms. The van der Waals surface area contributed by atoms with Crippen LogP contribution < -0.4 is 11.1 Å². The fourth-order valence-corrected chi connectivity index (χ4v) is 1.28. The van der Waals surface area contributed by atoms with Crippen molar-refractivity contribution in [3.8, 4) is 5.75 Å². The number of phenols is 1. The molecule has 0 unspecified atom stereocenters. The Morgan fingerprint density at radius 1 is 1.47 bits per heavy atom. The van der Waals surface area contributed by atoms with Crippen LogP contribution in [0.3, 0.4) is 0 Å². The summed E-state index contributed by atoms with van der Waals surface area (Å²) >= 11 is 0. The normalized spacial score (nSPS) is 9.93. The predicted octanol–water partition coefficient (Wildman–Crippen LogP) is 0.400. The molecule has 4 N–H and O–H groups in total. The van der Waals surface area contributed by atoms with Gasteiger partial charge in [0.25, 0.3) is 0 Å². The maximum atomic E-state index is 11.1. The van der Waals surface area contributed by atoms with Gasteiger partial charge < -0.3 is 16.2 Å². The Balaban J connectivity index is 2.28. The Hall–Kier alpha value is -1.55. The standard InChI is InChI=1S/C11H16N2O2/c12-6-4-11(15)13-7-5-9-2-1-3-10(14)8-9/h1-3,8,14H,4-7,12H2,(H,13,15). The van der Waals surface area contributed by atoms with Crippen molar-refractivity contribution in [1.29, 1.82) is 0 Å². The summed E-state index contributed by atoms with van der Waals surface area (Å²) in [6.07, 6.45) is 1.07. The van der Waals surface area contributed by atoms with E-state index >= 15 is 0 Å². The SMILES string of the molecule is NCCC(=O)NCCc1cccc(O)c1. The monoisotopic (exact) mass is 208 g/mol. The second kappa shape index (κ2) is 6.03. The summed E-state index contributed by atoms with van der Waals surface area (Å²) in [5.41, 5.74) is 6.24. The molecule has 0 spiro atoms. The van der Waals surface area contributed by atoms with Crippen molar-refractivity contribution in [3.63, 3.8) is 0 Å². The number of phenolic OH excluding ortho intramolecular Hbond substituents is 1. The van der Waals surface area contributed by atoms with Crippen molar-refractivity contribution in [3.05, 3.63) is 29.8 Å². The number of rotatable bonds is 5. The zero-order valence-electron chi connectivity index (χ0n) is 8.57. The highest BCUT2D eigenvalue weighted by molar-refractivity contribution is 5.75. The van der Waals surface area contributed by atoms with E-state index in [-0.39, 0.29) is 11.7 Å². The smallest absolute Gasteiger partial charge is 0.221 e. The first kappa shape index (κ1) is 11.5. The topological polar surface area (TPSA) is 75.4 Å². The molecule has 1 aromatic rings. The van der Waals surface area contributed by atoms with Gasteiger partial charge in [-0.1, -0.05) is 12.1 Å². The number of nitrogens with two attached hydrogens (primary N) is 1. The summed E-state index contributed by atoms with van der Waals surface area (Å²) in [7, 11) is 0. The summed E-state index contributed by atoms with van der Waals surface area (Å²) in [5.74, 6) is 0.221. The van der Waals surface area contributed by atoms with Gasteiger partial charge in [0.15, 0.2) is 0 Å². The van der Waals surface area contributed by atoms with E-state index in [1.165, 1.54) is 0 Å². The van der Waals surface area contributed by atoms with E-state index < -0.39 is 0 Å². The fourth-order valence-electron chi connectivity index (χ4n) is 1.28. The highest BCUT2D eigenvalue weighted by Crippen LogP contribution is 2.10. The summed E-state index contributed by atoms with van der Waals surface area (Å²) in [6, 6.07) is 7.01. The molecule has 0 aliphatic heterocycles. The van der Waals surface area contributed by atoms with Gasteiger partial charge in [0.05, 0.1) is 0 Å². The predicted molar refractivity (Wildman–Crippen MR) is 58.5 cm³/mol. The van der Waals surface area contributed by atoms with Gasteiger partial charge in [-0.25, -0.2) is 0 Å². The Morgan fingerprint density at radius 2 is 2.27 bits per heavy atom. The molecule has 0 aliphatic carbocycles. The molecular weight excluding hydrogens is 192 g/mol. The molecule has 0 saturated carbocycles. The average Bonchev–Trinajstić information content (AvgIpc) is 2.18. The molecule has 4 nitrogen and oxygen atoms in total. The zero-order valence-corrected chi connectivity index (χ0v) is 8.57. The van der Waals surface area contributed by atoms with Crippen LogP contribution in [0.2, 0.25) is 0 Å². The van der Waals surface area contributed by atoms with E-state index in [4.69, 9.17) is 5.73 Å². The third-order valence-corrected chi connectivity index (χ3v) is 2.02. The number of amides is 1. The number of hydrogen-bond acceptors (Lipinski definition) is 3. The van der Waals surface area contributed by atoms with Crippen LogP contribution in [0.15, 0.2) is 24.3 Å². The average molecular weight is 208 g/mol. The molecule has 0 saturated heterocycles. The Kier molecular flexibility index (Phi) is 4.63. The van der Waals surface area contributed by atoms with Gasteiger partial charge in [0.2, 0.25) is 5.91 Å². The molecule has 1 amide bonds. The van der Waals surface area contributed by atoms with Gasteiger partial charge in [-0.2, -0.15) is 0 Å². The second-order valence-electron chi connectivity index (χ2n) is 3.31. The Labute approximate surface area is 89.1 Å². The first-order chi connectivity index (χ1) is 7.22. The molecule has 0 radical (unpaired) electrons. The maximum absolute atomic E-state index is 11.1. The third-order valence-electron chi connectivity index (χ3n) is 2.02. The van der Waals surface area contributed by atoms with Gasteiger partial charge in [-0.3, -0.25) is 4.79 Å². The molecular formula is C11H16N2O2. The zero-order chi connectivity index (χ0) is 11.1. The molecule has 0 bridgehead atoms. The molecule has 1 rings (SSSR count). The van der Waals surface area contributed by atoms with Crippen LogP contribution in [0, 0.1) is 0 Å². The lowest BCUT2D eigenvalue weighted by atomic mass is 10.1. The minimum atomic E-state index is -0.0300. The van der Waals surface area contributed by atoms with Crippen molar-refractivity contribution >= 4 is 5.91 Å². The van der Waals surface area contributed by atoms with Crippen LogP contribution >= 0.6 is 0 Å². The number of hydrogen-bond donors (Lipinski definition) is 3. The van der Waals surface area contributed by atoms with Crippen LogP contribution in [-0.2, 0) is 11.2 Å². The first-order valence-electron chi connectivity index (χ1n) is 4.97. The van der Waals surface area contributed by atoms with Crippen LogP contribution in [0.5, 0.6) is 5.75 Å². The van der Waals surface area contributed by atoms with E-state index in [2.05, 4.69) is 5.32 Å². The van der Waals surface area contributed by atoms with Crippen molar-refractivity contribution in [2.75, 3.05) is 13.1 Å². The van der Waals surface area contributed by atoms with E-state index in [1.807, 2.05) is 6.07 Å². The van der Waals surface area contributed by atoms with Crippen molar-refractivity contribution in [2.24, 2.45) is 5.73 Å². The van der Waals surface area contributed by atoms with Gasteiger partial charge >= 0.3 is 0 Å². The minimum Gasteiger partial charge on any atom is -0.508 e. The molecule has 0 fully saturated rings. The number of aromatic hydroxyl groups is 1. The van der Waals surface area contributed by atoms with Gasteiger partial charge in [0.1, 0.15) is 5.75 Å². The number of carbonyl (C=O) groups excluding carboxylic acids is 1. The van der Waals surface area contributed by atoms with E-state index in [0.29, 0.717) is 25.9 Å².